The van der Waals surface area contributed by atoms with Crippen LogP contribution in [-0.4, -0.2) is 20.4 Å². The zero-order valence-corrected chi connectivity index (χ0v) is 18.3. The lowest BCUT2D eigenvalue weighted by molar-refractivity contribution is -0.117. The van der Waals surface area contributed by atoms with E-state index in [1.807, 2.05) is 44.2 Å². The molecule has 7 heteroatoms. The molecule has 0 bridgehead atoms. The molecular weight excluding hydrogens is 420 g/mol. The van der Waals surface area contributed by atoms with Crippen LogP contribution in [-0.2, 0) is 21.2 Å². The van der Waals surface area contributed by atoms with Crippen LogP contribution in [0, 0.1) is 13.8 Å². The fourth-order valence-electron chi connectivity index (χ4n) is 3.00. The summed E-state index contributed by atoms with van der Waals surface area (Å²) >= 11 is 5.99. The van der Waals surface area contributed by atoms with Gasteiger partial charge in [-0.05, 0) is 61.7 Å². The Morgan fingerprint density at radius 1 is 0.967 bits per heavy atom. The van der Waals surface area contributed by atoms with Gasteiger partial charge in [0.2, 0.25) is 15.9 Å². The number of hydrogen-bond acceptors (Lipinski definition) is 3. The average molecular weight is 443 g/mol. The summed E-state index contributed by atoms with van der Waals surface area (Å²) in [6.07, 6.45) is 0.213. The molecule has 30 heavy (non-hydrogen) atoms. The van der Waals surface area contributed by atoms with Crippen molar-refractivity contribution in [2.75, 3.05) is 5.32 Å². The lowest BCUT2D eigenvalue weighted by atomic mass is 10.1. The van der Waals surface area contributed by atoms with Crippen molar-refractivity contribution in [1.29, 1.82) is 0 Å². The molecule has 0 aliphatic rings. The van der Waals surface area contributed by atoms with Crippen LogP contribution in [0.5, 0.6) is 0 Å². The van der Waals surface area contributed by atoms with Gasteiger partial charge in [-0.1, -0.05) is 59.6 Å². The maximum Gasteiger partial charge on any atom is 0.242 e. The van der Waals surface area contributed by atoms with Crippen LogP contribution in [0.25, 0.3) is 0 Å². The second-order valence-corrected chi connectivity index (χ2v) is 9.28. The molecule has 0 fully saturated rings. The fraction of sp³-hybridized carbons (Fsp3) is 0.174. The van der Waals surface area contributed by atoms with Crippen molar-refractivity contribution in [3.8, 4) is 0 Å². The van der Waals surface area contributed by atoms with Crippen molar-refractivity contribution in [3.05, 3.63) is 94.5 Å². The van der Waals surface area contributed by atoms with Crippen molar-refractivity contribution in [2.24, 2.45) is 0 Å². The Labute approximate surface area is 182 Å². The molecule has 1 atom stereocenters. The van der Waals surface area contributed by atoms with Gasteiger partial charge in [-0.15, -0.1) is 0 Å². The third kappa shape index (κ3) is 5.69. The zero-order valence-electron chi connectivity index (χ0n) is 16.7. The molecule has 3 rings (SSSR count). The van der Waals surface area contributed by atoms with E-state index < -0.39 is 22.0 Å². The number of rotatable bonds is 7. The van der Waals surface area contributed by atoms with Crippen LogP contribution in [0.1, 0.15) is 16.7 Å². The molecule has 3 aromatic carbocycles. The van der Waals surface area contributed by atoms with Crippen LogP contribution >= 0.6 is 11.6 Å². The molecule has 0 saturated carbocycles. The highest BCUT2D eigenvalue weighted by molar-refractivity contribution is 7.89. The first-order valence-corrected chi connectivity index (χ1v) is 11.3. The first kappa shape index (κ1) is 22.0. The molecule has 156 valence electrons. The van der Waals surface area contributed by atoms with Gasteiger partial charge in [0.25, 0.3) is 0 Å². The molecule has 1 unspecified atom stereocenters. The van der Waals surface area contributed by atoms with Crippen molar-refractivity contribution in [2.45, 2.75) is 31.2 Å². The second kappa shape index (κ2) is 9.43. The quantitative estimate of drug-likeness (QED) is 0.566. The van der Waals surface area contributed by atoms with Gasteiger partial charge >= 0.3 is 0 Å². The van der Waals surface area contributed by atoms with Crippen LogP contribution in [0.2, 0.25) is 5.02 Å². The number of sulfonamides is 1. The fourth-order valence-corrected chi connectivity index (χ4v) is 4.42. The van der Waals surface area contributed by atoms with E-state index in [0.717, 1.165) is 16.7 Å². The van der Waals surface area contributed by atoms with E-state index in [0.29, 0.717) is 10.7 Å². The number of benzene rings is 3. The van der Waals surface area contributed by atoms with Gasteiger partial charge in [0, 0.05) is 10.7 Å². The predicted molar refractivity (Wildman–Crippen MR) is 120 cm³/mol. The SMILES string of the molecule is Cc1ccc(S(=O)(=O)NC(Cc2ccccc2)C(=O)Nc2ccc(Cl)cc2C)cc1. The largest absolute Gasteiger partial charge is 0.324 e. The predicted octanol–water partition coefficient (Wildman–Crippen LogP) is 4.49. The minimum atomic E-state index is -3.88. The van der Waals surface area contributed by atoms with Gasteiger partial charge in [-0.3, -0.25) is 4.79 Å². The van der Waals surface area contributed by atoms with Crippen molar-refractivity contribution >= 4 is 33.2 Å². The number of aryl methyl sites for hydroxylation is 2. The Morgan fingerprint density at radius 3 is 2.27 bits per heavy atom. The summed E-state index contributed by atoms with van der Waals surface area (Å²) in [5.74, 6) is -0.444. The maximum absolute atomic E-state index is 13.0. The number of halogens is 1. The maximum atomic E-state index is 13.0. The third-order valence-corrected chi connectivity index (χ3v) is 6.40. The van der Waals surface area contributed by atoms with Crippen molar-refractivity contribution < 1.29 is 13.2 Å². The van der Waals surface area contributed by atoms with Gasteiger partial charge in [-0.2, -0.15) is 4.72 Å². The first-order valence-electron chi connectivity index (χ1n) is 9.44. The Kier molecular flexibility index (Phi) is 6.92. The number of carbonyl (C=O) groups is 1. The molecule has 5 nitrogen and oxygen atoms in total. The summed E-state index contributed by atoms with van der Waals surface area (Å²) < 4.78 is 28.4. The number of nitrogens with one attached hydrogen (secondary N) is 2. The smallest absolute Gasteiger partial charge is 0.242 e. The minimum Gasteiger partial charge on any atom is -0.324 e. The molecule has 3 aromatic rings. The molecule has 0 aliphatic heterocycles. The Hall–Kier alpha value is -2.67. The molecule has 0 aromatic heterocycles. The van der Waals surface area contributed by atoms with Gasteiger partial charge in [0.1, 0.15) is 6.04 Å². The number of amides is 1. The van der Waals surface area contributed by atoms with E-state index >= 15 is 0 Å². The van der Waals surface area contributed by atoms with Crippen molar-refractivity contribution in [1.82, 2.24) is 4.72 Å². The summed E-state index contributed by atoms with van der Waals surface area (Å²) in [5, 5.41) is 3.38. The van der Waals surface area contributed by atoms with Crippen LogP contribution < -0.4 is 10.0 Å². The van der Waals surface area contributed by atoms with Crippen molar-refractivity contribution in [3.63, 3.8) is 0 Å². The molecule has 0 spiro atoms. The molecule has 0 radical (unpaired) electrons. The number of carbonyl (C=O) groups excluding carboxylic acids is 1. The Morgan fingerprint density at radius 2 is 1.63 bits per heavy atom. The average Bonchev–Trinajstić information content (AvgIpc) is 2.70. The van der Waals surface area contributed by atoms with E-state index in [-0.39, 0.29) is 11.3 Å². The van der Waals surface area contributed by atoms with E-state index in [2.05, 4.69) is 10.0 Å². The standard InChI is InChI=1S/C23H23ClN2O3S/c1-16-8-11-20(12-9-16)30(28,29)26-22(15-18-6-4-3-5-7-18)23(27)25-21-13-10-19(24)14-17(21)2/h3-14,22,26H,15H2,1-2H3,(H,25,27). The van der Waals surface area contributed by atoms with Crippen LogP contribution in [0.3, 0.4) is 0 Å². The minimum absolute atomic E-state index is 0.113. The summed E-state index contributed by atoms with van der Waals surface area (Å²) in [5.41, 5.74) is 3.16. The van der Waals surface area contributed by atoms with E-state index in [4.69, 9.17) is 11.6 Å². The number of hydrogen-bond donors (Lipinski definition) is 2. The van der Waals surface area contributed by atoms with E-state index in [1.165, 1.54) is 12.1 Å². The van der Waals surface area contributed by atoms with Gasteiger partial charge < -0.3 is 5.32 Å². The highest BCUT2D eigenvalue weighted by Gasteiger charge is 2.26. The summed E-state index contributed by atoms with van der Waals surface area (Å²) in [6, 6.07) is 19.9. The van der Waals surface area contributed by atoms with Gasteiger partial charge in [-0.25, -0.2) is 8.42 Å². The van der Waals surface area contributed by atoms with Crippen LogP contribution in [0.4, 0.5) is 5.69 Å². The van der Waals surface area contributed by atoms with Crippen LogP contribution in [0.15, 0.2) is 77.7 Å². The monoisotopic (exact) mass is 442 g/mol. The first-order chi connectivity index (χ1) is 14.2. The normalized spacial score (nSPS) is 12.4. The lowest BCUT2D eigenvalue weighted by Gasteiger charge is -2.19. The molecule has 0 heterocycles. The molecule has 2 N–H and O–H groups in total. The molecule has 0 aliphatic carbocycles. The summed E-state index contributed by atoms with van der Waals surface area (Å²) in [6.45, 7) is 3.70. The topological polar surface area (TPSA) is 75.3 Å². The Balaban J connectivity index is 1.87. The zero-order chi connectivity index (χ0) is 21.7. The molecular formula is C23H23ClN2O3S. The Bertz CT molecular complexity index is 1130. The summed E-state index contributed by atoms with van der Waals surface area (Å²) in [7, 11) is -3.88. The van der Waals surface area contributed by atoms with E-state index in [1.54, 1.807) is 30.3 Å². The summed E-state index contributed by atoms with van der Waals surface area (Å²) in [4.78, 5) is 13.2. The lowest BCUT2D eigenvalue weighted by Crippen LogP contribution is -2.45. The second-order valence-electron chi connectivity index (χ2n) is 7.13. The van der Waals surface area contributed by atoms with Gasteiger partial charge in [0.05, 0.1) is 4.90 Å². The number of anilines is 1. The third-order valence-electron chi connectivity index (χ3n) is 4.67. The van der Waals surface area contributed by atoms with E-state index in [9.17, 15) is 13.2 Å². The molecule has 1 amide bonds. The highest BCUT2D eigenvalue weighted by atomic mass is 35.5. The van der Waals surface area contributed by atoms with Gasteiger partial charge in [0.15, 0.2) is 0 Å². The molecule has 0 saturated heterocycles. The highest BCUT2D eigenvalue weighted by Crippen LogP contribution is 2.20.